The molecule has 0 radical (unpaired) electrons. The first kappa shape index (κ1) is 20.2. The summed E-state index contributed by atoms with van der Waals surface area (Å²) < 4.78 is 5.51. The number of amides is 1. The van der Waals surface area contributed by atoms with E-state index < -0.39 is 5.60 Å². The number of likely N-dealkylation sites (tertiary alicyclic amines) is 1. The van der Waals surface area contributed by atoms with Gasteiger partial charge in [0.25, 0.3) is 0 Å². The van der Waals surface area contributed by atoms with Gasteiger partial charge in [-0.2, -0.15) is 0 Å². The number of rotatable bonds is 5. The summed E-state index contributed by atoms with van der Waals surface area (Å²) in [5.41, 5.74) is 1.70. The predicted octanol–water partition coefficient (Wildman–Crippen LogP) is 5.02. The van der Waals surface area contributed by atoms with Crippen molar-refractivity contribution in [2.75, 3.05) is 18.2 Å². The first-order valence-electron chi connectivity index (χ1n) is 9.91. The maximum Gasteiger partial charge on any atom is 0.410 e. The number of hydrogen-bond donors (Lipinski definition) is 0. The highest BCUT2D eigenvalue weighted by molar-refractivity contribution is 5.68. The molecule has 1 amide bonds. The summed E-state index contributed by atoms with van der Waals surface area (Å²) in [5.74, 6) is 0. The Morgan fingerprint density at radius 3 is 2.14 bits per heavy atom. The van der Waals surface area contributed by atoms with Crippen molar-refractivity contribution >= 4 is 11.8 Å². The van der Waals surface area contributed by atoms with Gasteiger partial charge in [0.2, 0.25) is 0 Å². The van der Waals surface area contributed by atoms with Crippen LogP contribution in [-0.4, -0.2) is 35.7 Å². The van der Waals surface area contributed by atoms with Gasteiger partial charge in [-0.15, -0.1) is 0 Å². The molecule has 0 atom stereocenters. The zero-order valence-electron chi connectivity index (χ0n) is 17.0. The average molecular weight is 383 g/mol. The van der Waals surface area contributed by atoms with Gasteiger partial charge in [-0.3, -0.25) is 9.90 Å². The van der Waals surface area contributed by atoms with Crippen LogP contribution < -0.4 is 5.06 Å². The van der Waals surface area contributed by atoms with Gasteiger partial charge in [0.1, 0.15) is 5.60 Å². The van der Waals surface area contributed by atoms with Crippen LogP contribution in [-0.2, 0) is 16.2 Å². The number of nitrogens with zero attached hydrogens (tertiary/aromatic N) is 2. The molecule has 1 saturated heterocycles. The minimum Gasteiger partial charge on any atom is -0.444 e. The number of carbonyl (C=O) groups is 1. The molecule has 2 aromatic carbocycles. The Morgan fingerprint density at radius 2 is 1.57 bits per heavy atom. The molecule has 0 aromatic heterocycles. The second-order valence-corrected chi connectivity index (χ2v) is 8.12. The van der Waals surface area contributed by atoms with Crippen LogP contribution in [0.5, 0.6) is 0 Å². The molecular formula is C23H30N2O3. The Morgan fingerprint density at radius 1 is 1.00 bits per heavy atom. The van der Waals surface area contributed by atoms with E-state index in [0.717, 1.165) is 24.1 Å². The van der Waals surface area contributed by atoms with Crippen molar-refractivity contribution in [3.05, 3.63) is 66.2 Å². The van der Waals surface area contributed by atoms with Gasteiger partial charge < -0.3 is 9.64 Å². The second-order valence-electron chi connectivity index (χ2n) is 8.12. The number of hydrogen-bond acceptors (Lipinski definition) is 4. The largest absolute Gasteiger partial charge is 0.444 e. The third-order valence-electron chi connectivity index (χ3n) is 4.67. The van der Waals surface area contributed by atoms with E-state index in [1.807, 2.05) is 62.2 Å². The van der Waals surface area contributed by atoms with Crippen LogP contribution >= 0.6 is 0 Å². The molecule has 1 fully saturated rings. The Kier molecular flexibility index (Phi) is 6.57. The molecule has 5 nitrogen and oxygen atoms in total. The Bertz CT molecular complexity index is 735. The van der Waals surface area contributed by atoms with Gasteiger partial charge in [0.15, 0.2) is 0 Å². The summed E-state index contributed by atoms with van der Waals surface area (Å²) >= 11 is 0. The van der Waals surface area contributed by atoms with Crippen molar-refractivity contribution in [1.82, 2.24) is 4.90 Å². The van der Waals surface area contributed by atoms with E-state index in [1.54, 1.807) is 4.90 Å². The van der Waals surface area contributed by atoms with Crippen LogP contribution in [0.3, 0.4) is 0 Å². The monoisotopic (exact) mass is 382 g/mol. The summed E-state index contributed by atoms with van der Waals surface area (Å²) in [6.45, 7) is 7.53. The minimum absolute atomic E-state index is 0.213. The van der Waals surface area contributed by atoms with Gasteiger partial charge in [-0.1, -0.05) is 48.5 Å². The zero-order chi connectivity index (χ0) is 20.0. The topological polar surface area (TPSA) is 42.0 Å². The van der Waals surface area contributed by atoms with Crippen molar-refractivity contribution in [3.8, 4) is 0 Å². The van der Waals surface area contributed by atoms with Crippen molar-refractivity contribution in [2.45, 2.75) is 51.9 Å². The molecule has 3 rings (SSSR count). The number of anilines is 1. The molecule has 0 bridgehead atoms. The highest BCUT2D eigenvalue weighted by Gasteiger charge is 2.30. The lowest BCUT2D eigenvalue weighted by Gasteiger charge is -2.39. The fourth-order valence-corrected chi connectivity index (χ4v) is 3.29. The van der Waals surface area contributed by atoms with E-state index in [4.69, 9.17) is 9.57 Å². The number of ether oxygens (including phenoxy) is 1. The number of hydroxylamine groups is 1. The molecule has 0 saturated carbocycles. The Hall–Kier alpha value is -2.53. The van der Waals surface area contributed by atoms with Crippen LogP contribution in [0.4, 0.5) is 10.5 Å². The van der Waals surface area contributed by atoms with Crippen LogP contribution in [0.15, 0.2) is 60.7 Å². The number of para-hydroxylation sites is 1. The van der Waals surface area contributed by atoms with E-state index in [0.29, 0.717) is 19.7 Å². The van der Waals surface area contributed by atoms with E-state index >= 15 is 0 Å². The van der Waals surface area contributed by atoms with E-state index in [1.165, 1.54) is 0 Å². The van der Waals surface area contributed by atoms with Gasteiger partial charge in [-0.25, -0.2) is 4.79 Å². The lowest BCUT2D eigenvalue weighted by atomic mass is 10.0. The standard InChI is InChI=1S/C23H30N2O3/c1-23(2,3)28-22(26)24-16-14-21(15-17-24)25(20-12-8-5-9-13-20)27-18-19-10-6-4-7-11-19/h4-13,21H,14-18H2,1-3H3. The average Bonchev–Trinajstić information content (AvgIpc) is 2.69. The first-order chi connectivity index (χ1) is 13.4. The van der Waals surface area contributed by atoms with Crippen LogP contribution in [0, 0.1) is 0 Å². The van der Waals surface area contributed by atoms with Crippen molar-refractivity contribution < 1.29 is 14.4 Å². The molecular weight excluding hydrogens is 352 g/mol. The molecule has 28 heavy (non-hydrogen) atoms. The molecule has 0 N–H and O–H groups in total. The Balaban J connectivity index is 1.64. The highest BCUT2D eigenvalue weighted by Crippen LogP contribution is 2.25. The number of piperidine rings is 1. The predicted molar refractivity (Wildman–Crippen MR) is 111 cm³/mol. The summed E-state index contributed by atoms with van der Waals surface area (Å²) in [6, 6.07) is 20.5. The molecule has 150 valence electrons. The second kappa shape index (κ2) is 9.11. The molecule has 0 unspecified atom stereocenters. The molecule has 1 aliphatic heterocycles. The van der Waals surface area contributed by atoms with Crippen LogP contribution in [0.1, 0.15) is 39.2 Å². The molecule has 1 heterocycles. The maximum absolute atomic E-state index is 12.3. The summed E-state index contributed by atoms with van der Waals surface area (Å²) in [6.07, 6.45) is 1.44. The van der Waals surface area contributed by atoms with Gasteiger partial charge in [0.05, 0.1) is 18.3 Å². The number of carbonyl (C=O) groups excluding carboxylic acids is 1. The van der Waals surface area contributed by atoms with E-state index in [9.17, 15) is 4.79 Å². The Labute approximate surface area is 167 Å². The lowest BCUT2D eigenvalue weighted by Crippen LogP contribution is -2.48. The summed E-state index contributed by atoms with van der Waals surface area (Å²) in [5, 5.41) is 2.01. The third-order valence-corrected chi connectivity index (χ3v) is 4.67. The van der Waals surface area contributed by atoms with Gasteiger partial charge in [-0.05, 0) is 51.3 Å². The molecule has 5 heteroatoms. The highest BCUT2D eigenvalue weighted by atomic mass is 16.7. The van der Waals surface area contributed by atoms with Crippen LogP contribution in [0.2, 0.25) is 0 Å². The third kappa shape index (κ3) is 5.73. The van der Waals surface area contributed by atoms with Crippen molar-refractivity contribution in [1.29, 1.82) is 0 Å². The molecule has 1 aliphatic rings. The maximum atomic E-state index is 12.3. The van der Waals surface area contributed by atoms with Crippen molar-refractivity contribution in [2.24, 2.45) is 0 Å². The molecule has 0 spiro atoms. The summed E-state index contributed by atoms with van der Waals surface area (Å²) in [7, 11) is 0. The van der Waals surface area contributed by atoms with Gasteiger partial charge >= 0.3 is 6.09 Å². The quantitative estimate of drug-likeness (QED) is 0.681. The lowest BCUT2D eigenvalue weighted by molar-refractivity contribution is 0.0126. The normalized spacial score (nSPS) is 15.3. The zero-order valence-corrected chi connectivity index (χ0v) is 17.0. The molecule has 0 aliphatic carbocycles. The number of benzene rings is 2. The van der Waals surface area contributed by atoms with E-state index in [2.05, 4.69) is 24.3 Å². The smallest absolute Gasteiger partial charge is 0.410 e. The summed E-state index contributed by atoms with van der Waals surface area (Å²) in [4.78, 5) is 20.4. The first-order valence-corrected chi connectivity index (χ1v) is 9.91. The fourth-order valence-electron chi connectivity index (χ4n) is 3.29. The van der Waals surface area contributed by atoms with Crippen LogP contribution in [0.25, 0.3) is 0 Å². The van der Waals surface area contributed by atoms with E-state index in [-0.39, 0.29) is 12.1 Å². The SMILES string of the molecule is CC(C)(C)OC(=O)N1CCC(N(OCc2ccccc2)c2ccccc2)CC1. The minimum atomic E-state index is -0.469. The van der Waals surface area contributed by atoms with Gasteiger partial charge in [0, 0.05) is 13.1 Å². The molecule has 2 aromatic rings. The fraction of sp³-hybridized carbons (Fsp3) is 0.435. The van der Waals surface area contributed by atoms with Crippen molar-refractivity contribution in [3.63, 3.8) is 0 Å².